The Balaban J connectivity index is 4.10. The Kier molecular flexibility index (Phi) is 60.5. The molecule has 0 saturated heterocycles. The van der Waals surface area contributed by atoms with Gasteiger partial charge in [-0.3, -0.25) is 13.8 Å². The van der Waals surface area contributed by atoms with Gasteiger partial charge in [-0.25, -0.2) is 4.57 Å². The van der Waals surface area contributed by atoms with E-state index >= 15 is 0 Å². The fourth-order valence-electron chi connectivity index (χ4n) is 9.69. The van der Waals surface area contributed by atoms with Crippen molar-refractivity contribution < 1.29 is 32.9 Å². The van der Waals surface area contributed by atoms with Gasteiger partial charge in [-0.2, -0.15) is 0 Å². The maximum Gasteiger partial charge on any atom is 0.472 e. The summed E-state index contributed by atoms with van der Waals surface area (Å²) in [6, 6.07) is -0.870. The molecule has 0 rings (SSSR count). The van der Waals surface area contributed by atoms with Crippen molar-refractivity contribution in [2.75, 3.05) is 40.9 Å². The van der Waals surface area contributed by atoms with Crippen LogP contribution in [0.15, 0.2) is 109 Å². The van der Waals surface area contributed by atoms with Crippen LogP contribution in [0.4, 0.5) is 0 Å². The molecule has 0 aliphatic carbocycles. The number of hydrogen-bond donors (Lipinski definition) is 3. The summed E-state index contributed by atoms with van der Waals surface area (Å²) in [6.07, 6.45) is 92.3. The molecule has 3 N–H and O–H groups in total. The van der Waals surface area contributed by atoms with Gasteiger partial charge in [0, 0.05) is 6.42 Å². The van der Waals surface area contributed by atoms with Crippen molar-refractivity contribution in [3.63, 3.8) is 0 Å². The SMILES string of the molecule is CC/C=C\C/C=C\C/C=C\C/C=C\C/C=C\C/C=C\C/C=C\CCCCCCCCCCCCCCCCCC(=O)NC(COP(=O)(O)OCC[N+](C)(C)C)C(O)/C=C/CC/C=C/CCCCCCCCCCCCCCCCCCC. The monoisotopic (exact) mass is 1160 g/mol. The maximum atomic E-state index is 13.0. The second-order valence-corrected chi connectivity index (χ2v) is 25.6. The molecule has 82 heavy (non-hydrogen) atoms. The predicted octanol–water partition coefficient (Wildman–Crippen LogP) is 21.9. The first kappa shape index (κ1) is 79.2. The zero-order chi connectivity index (χ0) is 59.8. The lowest BCUT2D eigenvalue weighted by Gasteiger charge is -2.25. The molecule has 3 atom stereocenters. The lowest BCUT2D eigenvalue weighted by atomic mass is 10.0. The molecule has 8 nitrogen and oxygen atoms in total. The predicted molar refractivity (Wildman–Crippen MR) is 359 cm³/mol. The Morgan fingerprint density at radius 1 is 0.427 bits per heavy atom. The fraction of sp³-hybridized carbons (Fsp3) is 0.740. The van der Waals surface area contributed by atoms with Crippen LogP contribution in [0.5, 0.6) is 0 Å². The molecule has 0 spiro atoms. The quantitative estimate of drug-likeness (QED) is 0.0243. The number of nitrogens with zero attached hydrogens (tertiary/aromatic N) is 1. The maximum absolute atomic E-state index is 13.0. The number of phosphoric ester groups is 1. The molecule has 474 valence electrons. The molecule has 0 radical (unpaired) electrons. The highest BCUT2D eigenvalue weighted by Gasteiger charge is 2.28. The molecule has 0 aliphatic rings. The normalized spacial score (nSPS) is 14.4. The lowest BCUT2D eigenvalue weighted by molar-refractivity contribution is -0.870. The van der Waals surface area contributed by atoms with E-state index in [9.17, 15) is 19.4 Å². The third-order valence-electron chi connectivity index (χ3n) is 15.0. The Morgan fingerprint density at radius 3 is 1.12 bits per heavy atom. The summed E-state index contributed by atoms with van der Waals surface area (Å²) in [7, 11) is 1.55. The first-order valence-corrected chi connectivity index (χ1v) is 35.8. The van der Waals surface area contributed by atoms with Gasteiger partial charge in [0.25, 0.3) is 0 Å². The van der Waals surface area contributed by atoms with E-state index in [-0.39, 0.29) is 19.1 Å². The average molecular weight is 1160 g/mol. The first-order valence-electron chi connectivity index (χ1n) is 34.3. The second-order valence-electron chi connectivity index (χ2n) is 24.2. The first-order chi connectivity index (χ1) is 40.0. The Labute approximate surface area is 508 Å². The van der Waals surface area contributed by atoms with Gasteiger partial charge in [-0.05, 0) is 89.9 Å². The largest absolute Gasteiger partial charge is 0.472 e. The van der Waals surface area contributed by atoms with Crippen LogP contribution in [0.1, 0.15) is 296 Å². The van der Waals surface area contributed by atoms with Gasteiger partial charge < -0.3 is 19.8 Å². The molecule has 9 heteroatoms. The number of nitrogens with one attached hydrogen (secondary N) is 1. The minimum atomic E-state index is -4.37. The topological polar surface area (TPSA) is 105 Å². The van der Waals surface area contributed by atoms with Crippen LogP contribution in [0.3, 0.4) is 0 Å². The Bertz CT molecular complexity index is 1700. The zero-order valence-electron chi connectivity index (χ0n) is 54.2. The molecular weight excluding hydrogens is 1030 g/mol. The van der Waals surface area contributed by atoms with Crippen LogP contribution in [0, 0.1) is 0 Å². The van der Waals surface area contributed by atoms with Gasteiger partial charge >= 0.3 is 7.82 Å². The summed E-state index contributed by atoms with van der Waals surface area (Å²) >= 11 is 0. The third kappa shape index (κ3) is 64.7. The molecule has 0 aromatic carbocycles. The number of aliphatic hydroxyl groups is 1. The summed E-state index contributed by atoms with van der Waals surface area (Å²) < 4.78 is 23.8. The van der Waals surface area contributed by atoms with Crippen molar-refractivity contribution in [3.05, 3.63) is 109 Å². The van der Waals surface area contributed by atoms with Crippen LogP contribution in [0.25, 0.3) is 0 Å². The van der Waals surface area contributed by atoms with Gasteiger partial charge in [-0.1, -0.05) is 309 Å². The van der Waals surface area contributed by atoms with E-state index in [2.05, 4.69) is 116 Å². The number of allylic oxidation sites excluding steroid dienone is 17. The van der Waals surface area contributed by atoms with Gasteiger partial charge in [-0.15, -0.1) is 0 Å². The number of carbonyl (C=O) groups excluding carboxylic acids is 1. The number of rotatable bonds is 62. The van der Waals surface area contributed by atoms with Crippen molar-refractivity contribution in [1.82, 2.24) is 5.32 Å². The minimum absolute atomic E-state index is 0.0530. The van der Waals surface area contributed by atoms with E-state index in [1.54, 1.807) is 6.08 Å². The van der Waals surface area contributed by atoms with E-state index in [1.807, 2.05) is 27.2 Å². The molecule has 0 saturated carbocycles. The highest BCUT2D eigenvalue weighted by Crippen LogP contribution is 2.43. The number of aliphatic hydroxyl groups excluding tert-OH is 1. The molecule has 3 unspecified atom stereocenters. The van der Waals surface area contributed by atoms with E-state index in [0.717, 1.165) is 83.5 Å². The highest BCUT2D eigenvalue weighted by molar-refractivity contribution is 7.47. The lowest BCUT2D eigenvalue weighted by Crippen LogP contribution is -2.45. The summed E-state index contributed by atoms with van der Waals surface area (Å²) in [5, 5.41) is 14.0. The van der Waals surface area contributed by atoms with Crippen molar-refractivity contribution in [3.8, 4) is 0 Å². The van der Waals surface area contributed by atoms with E-state index in [4.69, 9.17) is 9.05 Å². The van der Waals surface area contributed by atoms with Gasteiger partial charge in [0.2, 0.25) is 5.91 Å². The van der Waals surface area contributed by atoms with Crippen molar-refractivity contribution in [1.29, 1.82) is 0 Å². The summed E-state index contributed by atoms with van der Waals surface area (Å²) in [5.41, 5.74) is 0. The zero-order valence-corrected chi connectivity index (χ0v) is 55.1. The molecule has 0 bridgehead atoms. The van der Waals surface area contributed by atoms with E-state index < -0.39 is 20.0 Å². The number of hydrogen-bond acceptors (Lipinski definition) is 5. The number of phosphoric acid groups is 1. The second kappa shape index (κ2) is 62.7. The van der Waals surface area contributed by atoms with Crippen molar-refractivity contribution >= 4 is 13.7 Å². The highest BCUT2D eigenvalue weighted by atomic mass is 31.2. The number of carbonyl (C=O) groups is 1. The van der Waals surface area contributed by atoms with E-state index in [1.165, 1.54) is 193 Å². The minimum Gasteiger partial charge on any atom is -0.387 e. The number of unbranched alkanes of at least 4 members (excludes halogenated alkanes) is 33. The molecule has 0 fully saturated rings. The van der Waals surface area contributed by atoms with Gasteiger partial charge in [0.15, 0.2) is 0 Å². The molecule has 0 aromatic heterocycles. The molecule has 0 aliphatic heterocycles. The van der Waals surface area contributed by atoms with Crippen LogP contribution in [0.2, 0.25) is 0 Å². The van der Waals surface area contributed by atoms with E-state index in [0.29, 0.717) is 17.4 Å². The molecule has 0 aromatic rings. The number of quaternary nitrogens is 1. The summed E-state index contributed by atoms with van der Waals surface area (Å²) in [6.45, 7) is 4.70. The summed E-state index contributed by atoms with van der Waals surface area (Å²) in [5.74, 6) is -0.187. The van der Waals surface area contributed by atoms with Crippen LogP contribution >= 0.6 is 7.82 Å². The molecule has 1 amide bonds. The van der Waals surface area contributed by atoms with Crippen molar-refractivity contribution in [2.45, 2.75) is 309 Å². The summed E-state index contributed by atoms with van der Waals surface area (Å²) in [4.78, 5) is 23.4. The third-order valence-corrected chi connectivity index (χ3v) is 16.0. The van der Waals surface area contributed by atoms with Gasteiger partial charge in [0.1, 0.15) is 13.2 Å². The van der Waals surface area contributed by atoms with Crippen LogP contribution < -0.4 is 5.32 Å². The number of amides is 1. The molecular formula is C73H132N2O6P+. The van der Waals surface area contributed by atoms with Gasteiger partial charge in [0.05, 0.1) is 39.9 Å². The smallest absolute Gasteiger partial charge is 0.387 e. The number of likely N-dealkylation sites (N-methyl/N-ethyl adjacent to an activating group) is 1. The average Bonchev–Trinajstić information content (AvgIpc) is 3.47. The van der Waals surface area contributed by atoms with Crippen LogP contribution in [-0.4, -0.2) is 73.4 Å². The standard InChI is InChI=1S/C73H131N2O6P/c1-6-8-10-12-14-16-18-20-22-24-26-28-30-31-32-33-34-35-36-37-38-39-40-41-42-43-45-47-49-51-53-55-57-59-61-63-65-67-73(77)74-71(70-81-82(78,79)80-69-68-75(3,4)5)72(76)66-64-62-60-58-56-54-52-50-48-46-44-29-27-25-23-21-19-17-15-13-11-9-7-2/h8,10,14,16,20,22,26,28,31-32,34-35,37-38,56,58,64,66,71-72,76H,6-7,9,11-13,15,17-19,21,23-25,27,29-30,33,36,39-55,57,59-63,65,67-70H2,1-5H3,(H-,74,77,78,79)/p+1/b10-8-,16-14-,22-20-,28-26-,32-31-,35-34-,38-37-,58-56+,66-64+. The molecule has 0 heterocycles. The van der Waals surface area contributed by atoms with Crippen LogP contribution in [-0.2, 0) is 18.4 Å². The Morgan fingerprint density at radius 2 is 0.744 bits per heavy atom. The Hall–Kier alpha value is -2.84. The van der Waals surface area contributed by atoms with Crippen molar-refractivity contribution in [2.24, 2.45) is 0 Å². The fourth-order valence-corrected chi connectivity index (χ4v) is 10.4.